The van der Waals surface area contributed by atoms with Gasteiger partial charge in [0.05, 0.1) is 12.9 Å². The Bertz CT molecular complexity index is 320. The Morgan fingerprint density at radius 2 is 2.33 bits per heavy atom. The van der Waals surface area contributed by atoms with Crippen LogP contribution in [0.5, 0.6) is 0 Å². The molecule has 15 heavy (non-hydrogen) atoms. The van der Waals surface area contributed by atoms with E-state index in [0.717, 1.165) is 0 Å². The second kappa shape index (κ2) is 4.44. The highest BCUT2D eigenvalue weighted by Gasteiger charge is 2.31. The van der Waals surface area contributed by atoms with E-state index in [1.54, 1.807) is 19.4 Å². The van der Waals surface area contributed by atoms with Gasteiger partial charge in [-0.1, -0.05) is 0 Å². The van der Waals surface area contributed by atoms with Crippen molar-refractivity contribution in [3.8, 4) is 0 Å². The van der Waals surface area contributed by atoms with E-state index in [1.165, 1.54) is 0 Å². The molecule has 0 radical (unpaired) electrons. The minimum Gasteiger partial charge on any atom is -0.368 e. The maximum atomic E-state index is 11.4. The molecular formula is C10H18N4O. The highest BCUT2D eigenvalue weighted by molar-refractivity contribution is 5.84. The maximum Gasteiger partial charge on any atom is 0.239 e. The molecule has 0 aliphatic heterocycles. The third kappa shape index (κ3) is 3.06. The van der Waals surface area contributed by atoms with E-state index < -0.39 is 5.54 Å². The monoisotopic (exact) mass is 210 g/mol. The van der Waals surface area contributed by atoms with Crippen LogP contribution in [0.15, 0.2) is 18.7 Å². The lowest BCUT2D eigenvalue weighted by molar-refractivity contribution is -0.124. The van der Waals surface area contributed by atoms with E-state index in [0.29, 0.717) is 6.54 Å². The number of rotatable bonds is 5. The number of nitrogens with one attached hydrogen (secondary N) is 1. The largest absolute Gasteiger partial charge is 0.368 e. The molecule has 0 aliphatic rings. The van der Waals surface area contributed by atoms with Crippen LogP contribution in [0, 0.1) is 0 Å². The van der Waals surface area contributed by atoms with Crippen molar-refractivity contribution in [1.29, 1.82) is 0 Å². The molecule has 0 saturated carbocycles. The second-order valence-corrected chi connectivity index (χ2v) is 4.23. The molecule has 1 aromatic rings. The number of primary amides is 1. The van der Waals surface area contributed by atoms with E-state index in [4.69, 9.17) is 5.73 Å². The molecule has 0 fully saturated rings. The number of nitrogens with two attached hydrogens (primary N) is 1. The SMILES string of the molecule is CC(C)NC(C)(Cn1ccnc1)C(N)=O. The number of imidazole rings is 1. The summed E-state index contributed by atoms with van der Waals surface area (Å²) in [4.78, 5) is 15.3. The van der Waals surface area contributed by atoms with Gasteiger partial charge in [0.15, 0.2) is 0 Å². The molecule has 1 amide bonds. The summed E-state index contributed by atoms with van der Waals surface area (Å²) in [5.74, 6) is -0.357. The van der Waals surface area contributed by atoms with Gasteiger partial charge < -0.3 is 10.3 Å². The minimum absolute atomic E-state index is 0.200. The second-order valence-electron chi connectivity index (χ2n) is 4.23. The number of aromatic nitrogens is 2. The van der Waals surface area contributed by atoms with Crippen LogP contribution in [0.2, 0.25) is 0 Å². The first-order valence-electron chi connectivity index (χ1n) is 4.97. The van der Waals surface area contributed by atoms with Gasteiger partial charge in [-0.05, 0) is 20.8 Å². The molecular weight excluding hydrogens is 192 g/mol. The predicted octanol–water partition coefficient (Wildman–Crippen LogP) is 0.125. The average Bonchev–Trinajstić information content (AvgIpc) is 2.54. The Balaban J connectivity index is 2.78. The number of nitrogens with zero attached hydrogens (tertiary/aromatic N) is 2. The summed E-state index contributed by atoms with van der Waals surface area (Å²) in [5.41, 5.74) is 4.66. The van der Waals surface area contributed by atoms with Crippen LogP contribution in [0.1, 0.15) is 20.8 Å². The van der Waals surface area contributed by atoms with Gasteiger partial charge in [0.1, 0.15) is 5.54 Å². The van der Waals surface area contributed by atoms with Crippen molar-refractivity contribution in [3.05, 3.63) is 18.7 Å². The number of hydrogen-bond acceptors (Lipinski definition) is 3. The molecule has 0 saturated heterocycles. The molecule has 1 rings (SSSR count). The predicted molar refractivity (Wildman–Crippen MR) is 58.1 cm³/mol. The lowest BCUT2D eigenvalue weighted by Gasteiger charge is -2.30. The zero-order valence-electron chi connectivity index (χ0n) is 9.40. The minimum atomic E-state index is -0.741. The molecule has 0 bridgehead atoms. The Morgan fingerprint density at radius 1 is 1.67 bits per heavy atom. The van der Waals surface area contributed by atoms with Crippen LogP contribution in [-0.4, -0.2) is 27.0 Å². The molecule has 1 aromatic heterocycles. The average molecular weight is 210 g/mol. The van der Waals surface area contributed by atoms with Crippen LogP contribution in [0.25, 0.3) is 0 Å². The summed E-state index contributed by atoms with van der Waals surface area (Å²) in [7, 11) is 0. The maximum absolute atomic E-state index is 11.4. The summed E-state index contributed by atoms with van der Waals surface area (Å²) < 4.78 is 1.83. The zero-order chi connectivity index (χ0) is 11.5. The third-order valence-corrected chi connectivity index (χ3v) is 2.21. The van der Waals surface area contributed by atoms with Gasteiger partial charge in [-0.2, -0.15) is 0 Å². The van der Waals surface area contributed by atoms with Gasteiger partial charge in [-0.25, -0.2) is 4.98 Å². The fraction of sp³-hybridized carbons (Fsp3) is 0.600. The van der Waals surface area contributed by atoms with Crippen LogP contribution in [0.3, 0.4) is 0 Å². The van der Waals surface area contributed by atoms with Crippen molar-refractivity contribution < 1.29 is 4.79 Å². The van der Waals surface area contributed by atoms with Crippen molar-refractivity contribution in [2.24, 2.45) is 5.73 Å². The number of carbonyl (C=O) groups excluding carboxylic acids is 1. The van der Waals surface area contributed by atoms with Gasteiger partial charge >= 0.3 is 0 Å². The molecule has 0 aliphatic carbocycles. The molecule has 0 aromatic carbocycles. The van der Waals surface area contributed by atoms with Crippen molar-refractivity contribution in [3.63, 3.8) is 0 Å². The Labute approximate surface area is 89.7 Å². The zero-order valence-corrected chi connectivity index (χ0v) is 9.40. The molecule has 0 spiro atoms. The first kappa shape index (κ1) is 11.7. The first-order chi connectivity index (χ1) is 6.94. The Kier molecular flexibility index (Phi) is 3.47. The fourth-order valence-electron chi connectivity index (χ4n) is 1.58. The first-order valence-corrected chi connectivity index (χ1v) is 4.97. The number of carbonyl (C=O) groups is 1. The number of amides is 1. The topological polar surface area (TPSA) is 72.9 Å². The Morgan fingerprint density at radius 3 is 2.73 bits per heavy atom. The highest BCUT2D eigenvalue weighted by atomic mass is 16.1. The van der Waals surface area contributed by atoms with Crippen LogP contribution >= 0.6 is 0 Å². The molecule has 5 heteroatoms. The number of hydrogen-bond donors (Lipinski definition) is 2. The summed E-state index contributed by atoms with van der Waals surface area (Å²) in [5, 5.41) is 3.17. The fourth-order valence-corrected chi connectivity index (χ4v) is 1.58. The van der Waals surface area contributed by atoms with Crippen molar-refractivity contribution in [2.45, 2.75) is 38.9 Å². The van der Waals surface area contributed by atoms with Crippen molar-refractivity contribution >= 4 is 5.91 Å². The van der Waals surface area contributed by atoms with E-state index in [9.17, 15) is 4.79 Å². The lowest BCUT2D eigenvalue weighted by Crippen LogP contribution is -2.57. The van der Waals surface area contributed by atoms with Gasteiger partial charge in [0, 0.05) is 18.4 Å². The third-order valence-electron chi connectivity index (χ3n) is 2.21. The standard InChI is InChI=1S/C10H18N4O/c1-8(2)13-10(3,9(11)15)6-14-5-4-12-7-14/h4-5,7-8,13H,6H2,1-3H3,(H2,11,15). The molecule has 1 atom stereocenters. The lowest BCUT2D eigenvalue weighted by atomic mass is 10.0. The quantitative estimate of drug-likeness (QED) is 0.725. The molecule has 84 valence electrons. The van der Waals surface area contributed by atoms with Crippen LogP contribution in [0.4, 0.5) is 0 Å². The molecule has 3 N–H and O–H groups in total. The van der Waals surface area contributed by atoms with E-state index >= 15 is 0 Å². The molecule has 1 heterocycles. The smallest absolute Gasteiger partial charge is 0.239 e. The van der Waals surface area contributed by atoms with Crippen molar-refractivity contribution in [1.82, 2.24) is 14.9 Å². The molecule has 1 unspecified atom stereocenters. The van der Waals surface area contributed by atoms with E-state index in [1.807, 2.05) is 24.6 Å². The highest BCUT2D eigenvalue weighted by Crippen LogP contribution is 2.08. The van der Waals surface area contributed by atoms with Crippen LogP contribution in [-0.2, 0) is 11.3 Å². The summed E-state index contributed by atoms with van der Waals surface area (Å²) >= 11 is 0. The van der Waals surface area contributed by atoms with Gasteiger partial charge in [0.25, 0.3) is 0 Å². The van der Waals surface area contributed by atoms with E-state index in [-0.39, 0.29) is 11.9 Å². The van der Waals surface area contributed by atoms with Gasteiger partial charge in [-0.15, -0.1) is 0 Å². The summed E-state index contributed by atoms with van der Waals surface area (Å²) in [6.45, 7) is 6.25. The Hall–Kier alpha value is -1.36. The van der Waals surface area contributed by atoms with Gasteiger partial charge in [-0.3, -0.25) is 10.1 Å². The summed E-state index contributed by atoms with van der Waals surface area (Å²) in [6.07, 6.45) is 5.16. The van der Waals surface area contributed by atoms with Gasteiger partial charge in [0.2, 0.25) is 5.91 Å². The molecule has 5 nitrogen and oxygen atoms in total. The summed E-state index contributed by atoms with van der Waals surface area (Å²) in [6, 6.07) is 0.200. The van der Waals surface area contributed by atoms with Crippen LogP contribution < -0.4 is 11.1 Å². The normalized spacial score (nSPS) is 15.2. The van der Waals surface area contributed by atoms with Crippen molar-refractivity contribution in [2.75, 3.05) is 0 Å². The van der Waals surface area contributed by atoms with E-state index in [2.05, 4.69) is 10.3 Å².